The Morgan fingerprint density at radius 3 is 2.65 bits per heavy atom. The highest BCUT2D eigenvalue weighted by Crippen LogP contribution is 2.29. The van der Waals surface area contributed by atoms with Crippen molar-refractivity contribution in [1.29, 1.82) is 0 Å². The lowest BCUT2D eigenvalue weighted by molar-refractivity contribution is 0.0871. The first-order valence-electron chi connectivity index (χ1n) is 6.12. The summed E-state index contributed by atoms with van der Waals surface area (Å²) in [6.07, 6.45) is 5.68. The Morgan fingerprint density at radius 2 is 1.94 bits per heavy atom. The van der Waals surface area contributed by atoms with Crippen LogP contribution in [0.3, 0.4) is 0 Å². The minimum absolute atomic E-state index is 0. The maximum atomic E-state index is 5.70. The first kappa shape index (κ1) is 12.8. The van der Waals surface area contributed by atoms with E-state index in [0.717, 1.165) is 38.3 Å². The van der Waals surface area contributed by atoms with E-state index in [-0.39, 0.29) is 24.6 Å². The highest BCUT2D eigenvalue weighted by Gasteiger charge is 2.26. The van der Waals surface area contributed by atoms with Gasteiger partial charge in [0.15, 0.2) is 0 Å². The molecule has 96 valence electrons. The zero-order valence-electron chi connectivity index (χ0n) is 9.72. The molecule has 5 nitrogen and oxygen atoms in total. The molecule has 1 aromatic rings. The normalized spacial score (nSPS) is 28.9. The van der Waals surface area contributed by atoms with E-state index in [2.05, 4.69) is 15.5 Å². The van der Waals surface area contributed by atoms with Gasteiger partial charge in [-0.2, -0.15) is 0 Å². The van der Waals surface area contributed by atoms with Crippen LogP contribution in [0.5, 0.6) is 0 Å². The first-order valence-corrected chi connectivity index (χ1v) is 6.12. The van der Waals surface area contributed by atoms with Crippen LogP contribution in [0.4, 0.5) is 0 Å². The molecule has 3 rings (SSSR count). The van der Waals surface area contributed by atoms with E-state index in [1.807, 2.05) is 0 Å². The van der Waals surface area contributed by atoms with Crippen molar-refractivity contribution < 1.29 is 9.15 Å². The number of hydrogen-bond acceptors (Lipinski definition) is 5. The standard InChI is InChI=1S/C11H17N3O2.ClH/c1-2-6-12-8(4-1)10-13-14-11(16-10)9-5-3-7-15-9;/h8-9,12H,1-7H2;1H/t8?,9-;/m1./s1. The van der Waals surface area contributed by atoms with Crippen molar-refractivity contribution in [3.8, 4) is 0 Å². The summed E-state index contributed by atoms with van der Waals surface area (Å²) in [7, 11) is 0. The third-order valence-electron chi connectivity index (χ3n) is 3.27. The molecule has 0 aliphatic carbocycles. The minimum atomic E-state index is 0. The predicted octanol–water partition coefficient (Wildman–Crippen LogP) is 2.16. The molecule has 6 heteroatoms. The third-order valence-corrected chi connectivity index (χ3v) is 3.27. The van der Waals surface area contributed by atoms with Gasteiger partial charge < -0.3 is 14.5 Å². The number of nitrogens with one attached hydrogen (secondary N) is 1. The van der Waals surface area contributed by atoms with Crippen molar-refractivity contribution in [3.63, 3.8) is 0 Å². The largest absolute Gasteiger partial charge is 0.421 e. The lowest BCUT2D eigenvalue weighted by Gasteiger charge is -2.19. The number of aromatic nitrogens is 2. The van der Waals surface area contributed by atoms with Crippen LogP contribution in [-0.2, 0) is 4.74 Å². The molecule has 2 atom stereocenters. The molecule has 1 unspecified atom stereocenters. The molecular weight excluding hydrogens is 242 g/mol. The number of rotatable bonds is 2. The molecule has 0 bridgehead atoms. The fourth-order valence-electron chi connectivity index (χ4n) is 2.35. The molecule has 2 saturated heterocycles. The number of halogens is 1. The molecule has 2 aliphatic rings. The van der Waals surface area contributed by atoms with Gasteiger partial charge in [0.25, 0.3) is 0 Å². The summed E-state index contributed by atoms with van der Waals surface area (Å²) in [6, 6.07) is 0.247. The molecule has 0 aromatic carbocycles. The monoisotopic (exact) mass is 259 g/mol. The molecule has 0 spiro atoms. The Balaban J connectivity index is 0.00000108. The number of nitrogens with zero attached hydrogens (tertiary/aromatic N) is 2. The summed E-state index contributed by atoms with van der Waals surface area (Å²) >= 11 is 0. The van der Waals surface area contributed by atoms with Crippen LogP contribution in [0.1, 0.15) is 56.0 Å². The Labute approximate surface area is 107 Å². The molecule has 3 heterocycles. The van der Waals surface area contributed by atoms with Crippen LogP contribution < -0.4 is 5.32 Å². The second-order valence-electron chi connectivity index (χ2n) is 4.48. The zero-order chi connectivity index (χ0) is 10.8. The minimum Gasteiger partial charge on any atom is -0.421 e. The lowest BCUT2D eigenvalue weighted by Crippen LogP contribution is -2.26. The van der Waals surface area contributed by atoms with Gasteiger partial charge in [-0.15, -0.1) is 22.6 Å². The van der Waals surface area contributed by atoms with Gasteiger partial charge in [0.1, 0.15) is 6.10 Å². The average molecular weight is 260 g/mol. The summed E-state index contributed by atoms with van der Waals surface area (Å²) in [4.78, 5) is 0. The molecule has 17 heavy (non-hydrogen) atoms. The van der Waals surface area contributed by atoms with Gasteiger partial charge >= 0.3 is 0 Å². The van der Waals surface area contributed by atoms with E-state index in [4.69, 9.17) is 9.15 Å². The first-order chi connectivity index (χ1) is 7.93. The highest BCUT2D eigenvalue weighted by atomic mass is 35.5. The summed E-state index contributed by atoms with van der Waals surface area (Å²) in [6.45, 7) is 1.85. The summed E-state index contributed by atoms with van der Waals surface area (Å²) < 4.78 is 11.2. The van der Waals surface area contributed by atoms with E-state index < -0.39 is 0 Å². The maximum absolute atomic E-state index is 5.70. The van der Waals surface area contributed by atoms with E-state index in [1.54, 1.807) is 0 Å². The lowest BCUT2D eigenvalue weighted by atomic mass is 10.1. The molecule has 1 N–H and O–H groups in total. The molecule has 2 fully saturated rings. The van der Waals surface area contributed by atoms with Crippen molar-refractivity contribution in [1.82, 2.24) is 15.5 Å². The molecule has 0 radical (unpaired) electrons. The van der Waals surface area contributed by atoms with Gasteiger partial charge in [-0.3, -0.25) is 0 Å². The van der Waals surface area contributed by atoms with Crippen LogP contribution in [0.15, 0.2) is 4.42 Å². The van der Waals surface area contributed by atoms with Crippen molar-refractivity contribution in [3.05, 3.63) is 11.8 Å². The maximum Gasteiger partial charge on any atom is 0.245 e. The number of piperidine rings is 1. The zero-order valence-corrected chi connectivity index (χ0v) is 10.5. The molecule has 0 amide bonds. The Morgan fingerprint density at radius 1 is 1.06 bits per heavy atom. The molecular formula is C11H18ClN3O2. The van der Waals surface area contributed by atoms with Crippen LogP contribution in [-0.4, -0.2) is 23.3 Å². The summed E-state index contributed by atoms with van der Waals surface area (Å²) in [5.41, 5.74) is 0. The Hall–Kier alpha value is -0.650. The van der Waals surface area contributed by atoms with Gasteiger partial charge in [-0.25, -0.2) is 0 Å². The second-order valence-corrected chi connectivity index (χ2v) is 4.48. The predicted molar refractivity (Wildman–Crippen MR) is 64.1 cm³/mol. The fourth-order valence-corrected chi connectivity index (χ4v) is 2.35. The van der Waals surface area contributed by atoms with E-state index in [0.29, 0.717) is 5.89 Å². The van der Waals surface area contributed by atoms with Crippen LogP contribution in [0.25, 0.3) is 0 Å². The van der Waals surface area contributed by atoms with Crippen LogP contribution in [0, 0.1) is 0 Å². The quantitative estimate of drug-likeness (QED) is 0.882. The highest BCUT2D eigenvalue weighted by molar-refractivity contribution is 5.85. The van der Waals surface area contributed by atoms with Gasteiger partial charge in [0.05, 0.1) is 6.04 Å². The number of ether oxygens (including phenoxy) is 1. The van der Waals surface area contributed by atoms with E-state index in [9.17, 15) is 0 Å². The van der Waals surface area contributed by atoms with Crippen molar-refractivity contribution in [2.45, 2.75) is 44.2 Å². The summed E-state index contributed by atoms with van der Waals surface area (Å²) in [5, 5.41) is 11.6. The molecule has 1 aromatic heterocycles. The van der Waals surface area contributed by atoms with Crippen molar-refractivity contribution in [2.75, 3.05) is 13.2 Å². The van der Waals surface area contributed by atoms with E-state index >= 15 is 0 Å². The molecule has 2 aliphatic heterocycles. The van der Waals surface area contributed by atoms with Crippen LogP contribution in [0.2, 0.25) is 0 Å². The Bertz CT molecular complexity index is 346. The third kappa shape index (κ3) is 2.78. The van der Waals surface area contributed by atoms with Crippen molar-refractivity contribution >= 4 is 12.4 Å². The Kier molecular flexibility index (Phi) is 4.36. The average Bonchev–Trinajstić information content (AvgIpc) is 3.01. The van der Waals surface area contributed by atoms with Gasteiger partial charge in [-0.05, 0) is 32.2 Å². The smallest absolute Gasteiger partial charge is 0.245 e. The summed E-state index contributed by atoms with van der Waals surface area (Å²) in [5.74, 6) is 1.38. The van der Waals surface area contributed by atoms with Gasteiger partial charge in [0.2, 0.25) is 11.8 Å². The van der Waals surface area contributed by atoms with Crippen molar-refractivity contribution in [2.24, 2.45) is 0 Å². The number of hydrogen-bond donors (Lipinski definition) is 1. The van der Waals surface area contributed by atoms with Crippen LogP contribution >= 0.6 is 12.4 Å². The van der Waals surface area contributed by atoms with Gasteiger partial charge in [-0.1, -0.05) is 6.42 Å². The van der Waals surface area contributed by atoms with Gasteiger partial charge in [0, 0.05) is 6.61 Å². The van der Waals surface area contributed by atoms with E-state index in [1.165, 1.54) is 12.8 Å². The fraction of sp³-hybridized carbons (Fsp3) is 0.818. The second kappa shape index (κ2) is 5.80. The SMILES string of the molecule is C1CCC(c2nnc([C@H]3CCCO3)o2)NC1.Cl. The molecule has 0 saturated carbocycles. The topological polar surface area (TPSA) is 60.2 Å².